The number of carboxylic acid groups (broad SMARTS) is 1. The lowest BCUT2D eigenvalue weighted by Crippen LogP contribution is -2.34. The number of nitrogens with zero attached hydrogens (tertiary/aromatic N) is 1. The average molecular weight is 205 g/mol. The predicted molar refractivity (Wildman–Crippen MR) is 45.6 cm³/mol. The van der Waals surface area contributed by atoms with E-state index in [1.807, 2.05) is 0 Å². The first-order valence-corrected chi connectivity index (χ1v) is 6.15. The first-order chi connectivity index (χ1) is 6.02. The molecule has 2 aliphatic rings. The Balaban J connectivity index is 2.28. The molecule has 13 heavy (non-hydrogen) atoms. The Bertz CT molecular complexity index is 292. The maximum atomic E-state index is 11.6. The van der Waals surface area contributed by atoms with E-state index in [1.165, 1.54) is 4.67 Å². The molecule has 3 unspecified atom stereocenters. The summed E-state index contributed by atoms with van der Waals surface area (Å²) in [6, 6.07) is -0.708. The van der Waals surface area contributed by atoms with E-state index in [4.69, 9.17) is 5.11 Å². The van der Waals surface area contributed by atoms with Crippen LogP contribution in [0.25, 0.3) is 0 Å². The molecule has 0 aliphatic carbocycles. The van der Waals surface area contributed by atoms with Crippen LogP contribution in [0.3, 0.4) is 0 Å². The van der Waals surface area contributed by atoms with Gasteiger partial charge in [0.1, 0.15) is 6.04 Å². The second-order valence-electron chi connectivity index (χ2n) is 3.64. The molecule has 3 atom stereocenters. The Morgan fingerprint density at radius 2 is 2.08 bits per heavy atom. The van der Waals surface area contributed by atoms with Gasteiger partial charge < -0.3 is 10.00 Å². The van der Waals surface area contributed by atoms with Crippen molar-refractivity contribution in [2.45, 2.75) is 31.3 Å². The molecule has 0 aromatic carbocycles. The minimum absolute atomic E-state index is 0.0249. The topological polar surface area (TPSA) is 77.8 Å². The number of aliphatic carboxylic acids is 1. The molecule has 0 spiro atoms. The number of hydrogen-bond acceptors (Lipinski definition) is 2. The molecule has 2 heterocycles. The van der Waals surface area contributed by atoms with Crippen LogP contribution in [-0.2, 0) is 9.36 Å². The Kier molecular flexibility index (Phi) is 1.98. The zero-order chi connectivity index (χ0) is 9.64. The van der Waals surface area contributed by atoms with E-state index in [0.717, 1.165) is 6.42 Å². The summed E-state index contributed by atoms with van der Waals surface area (Å²) in [7, 11) is -3.30. The van der Waals surface area contributed by atoms with Gasteiger partial charge in [0.2, 0.25) is 0 Å². The molecule has 2 aliphatic heterocycles. The molecule has 0 radical (unpaired) electrons. The Morgan fingerprint density at radius 3 is 2.69 bits per heavy atom. The van der Waals surface area contributed by atoms with Crippen molar-refractivity contribution in [1.29, 1.82) is 0 Å². The summed E-state index contributed by atoms with van der Waals surface area (Å²) in [6.07, 6.45) is 2.16. The molecule has 2 rings (SSSR count). The van der Waals surface area contributed by atoms with Gasteiger partial charge in [-0.25, -0.2) is 4.67 Å². The third-order valence-corrected chi connectivity index (χ3v) is 5.03. The second-order valence-corrected chi connectivity index (χ2v) is 5.88. The van der Waals surface area contributed by atoms with Crippen LogP contribution in [0.1, 0.15) is 19.3 Å². The van der Waals surface area contributed by atoms with Gasteiger partial charge in [-0.1, -0.05) is 0 Å². The molecule has 0 aromatic heterocycles. The van der Waals surface area contributed by atoms with Crippen LogP contribution in [-0.4, -0.2) is 38.9 Å². The number of hydrogen-bond donors (Lipinski definition) is 2. The first kappa shape index (κ1) is 9.19. The maximum Gasteiger partial charge on any atom is 0.321 e. The van der Waals surface area contributed by atoms with Crippen LogP contribution in [0, 0.1) is 0 Å². The zero-order valence-corrected chi connectivity index (χ0v) is 7.98. The summed E-state index contributed by atoms with van der Waals surface area (Å²) >= 11 is 0. The van der Waals surface area contributed by atoms with Gasteiger partial charge in [-0.3, -0.25) is 9.36 Å². The van der Waals surface area contributed by atoms with Gasteiger partial charge in [0.25, 0.3) is 7.52 Å². The van der Waals surface area contributed by atoms with E-state index in [1.54, 1.807) is 0 Å². The fourth-order valence-electron chi connectivity index (χ4n) is 2.29. The monoisotopic (exact) mass is 205 g/mol. The molecule has 74 valence electrons. The minimum Gasteiger partial charge on any atom is -0.480 e. The fraction of sp³-hybridized carbons (Fsp3) is 0.857. The lowest BCUT2D eigenvalue weighted by Gasteiger charge is -2.23. The van der Waals surface area contributed by atoms with E-state index < -0.39 is 19.5 Å². The van der Waals surface area contributed by atoms with Crippen LogP contribution in [0.15, 0.2) is 0 Å². The molecule has 2 saturated heterocycles. The number of rotatable bonds is 1. The molecule has 0 saturated carbocycles. The highest BCUT2D eigenvalue weighted by Crippen LogP contribution is 2.58. The van der Waals surface area contributed by atoms with E-state index in [2.05, 4.69) is 0 Å². The second kappa shape index (κ2) is 2.80. The van der Waals surface area contributed by atoms with Crippen molar-refractivity contribution in [1.82, 2.24) is 4.67 Å². The van der Waals surface area contributed by atoms with Crippen LogP contribution in [0.2, 0.25) is 0 Å². The predicted octanol–water partition coefficient (Wildman–Crippen LogP) is 0.493. The normalized spacial score (nSPS) is 45.0. The van der Waals surface area contributed by atoms with E-state index >= 15 is 0 Å². The van der Waals surface area contributed by atoms with Gasteiger partial charge in [-0.2, -0.15) is 0 Å². The Morgan fingerprint density at radius 1 is 1.38 bits per heavy atom. The molecule has 2 fully saturated rings. The van der Waals surface area contributed by atoms with Crippen LogP contribution >= 0.6 is 7.52 Å². The molecule has 2 N–H and O–H groups in total. The van der Waals surface area contributed by atoms with Crippen molar-refractivity contribution in [3.8, 4) is 0 Å². The smallest absolute Gasteiger partial charge is 0.321 e. The summed E-state index contributed by atoms with van der Waals surface area (Å²) in [6.45, 7) is 0. The van der Waals surface area contributed by atoms with Crippen molar-refractivity contribution in [3.05, 3.63) is 0 Å². The van der Waals surface area contributed by atoms with Crippen LogP contribution in [0.5, 0.6) is 0 Å². The first-order valence-electron chi connectivity index (χ1n) is 4.36. The lowest BCUT2D eigenvalue weighted by molar-refractivity contribution is -0.141. The van der Waals surface area contributed by atoms with Gasteiger partial charge in [0.05, 0.1) is 0 Å². The Hall–Kier alpha value is -0.380. The fourth-order valence-corrected chi connectivity index (χ4v) is 4.54. The summed E-state index contributed by atoms with van der Waals surface area (Å²) in [5, 5.41) is 8.82. The summed E-state index contributed by atoms with van der Waals surface area (Å²) < 4.78 is 12.9. The summed E-state index contributed by atoms with van der Waals surface area (Å²) in [5.41, 5.74) is 0. The molecular formula is C7H12NO4P. The number of fused-ring (bicyclic) bond motifs is 1. The summed E-state index contributed by atoms with van der Waals surface area (Å²) in [4.78, 5) is 20.3. The van der Waals surface area contributed by atoms with Crippen LogP contribution < -0.4 is 0 Å². The highest BCUT2D eigenvalue weighted by atomic mass is 31.2. The van der Waals surface area contributed by atoms with Crippen molar-refractivity contribution in [2.75, 3.05) is 6.16 Å². The number of carboxylic acids is 1. The lowest BCUT2D eigenvalue weighted by atomic mass is 10.1. The zero-order valence-electron chi connectivity index (χ0n) is 7.09. The molecule has 0 bridgehead atoms. The SMILES string of the molecule is O=C(O)C1CCC2CCP(=O)(O)N21. The van der Waals surface area contributed by atoms with E-state index in [-0.39, 0.29) is 12.2 Å². The van der Waals surface area contributed by atoms with Crippen molar-refractivity contribution in [3.63, 3.8) is 0 Å². The van der Waals surface area contributed by atoms with Crippen LogP contribution in [0.4, 0.5) is 0 Å². The Labute approximate surface area is 75.9 Å². The third-order valence-electron chi connectivity index (χ3n) is 2.87. The third kappa shape index (κ3) is 1.31. The van der Waals surface area contributed by atoms with Crippen molar-refractivity contribution in [2.24, 2.45) is 0 Å². The standard InChI is InChI=1S/C7H12NO4P/c9-7(10)6-2-1-5-3-4-13(11,12)8(5)6/h5-6H,1-4H2,(H,9,10)(H,11,12). The molecule has 0 aromatic rings. The largest absolute Gasteiger partial charge is 0.480 e. The molecule has 6 heteroatoms. The van der Waals surface area contributed by atoms with Gasteiger partial charge >= 0.3 is 5.97 Å². The molecule has 5 nitrogen and oxygen atoms in total. The highest BCUT2D eigenvalue weighted by Gasteiger charge is 2.51. The minimum atomic E-state index is -3.30. The van der Waals surface area contributed by atoms with E-state index in [0.29, 0.717) is 12.8 Å². The number of carbonyl (C=O) groups is 1. The molecule has 0 amide bonds. The van der Waals surface area contributed by atoms with Gasteiger partial charge in [-0.05, 0) is 19.3 Å². The highest BCUT2D eigenvalue weighted by molar-refractivity contribution is 7.55. The average Bonchev–Trinajstić information content (AvgIpc) is 2.53. The molecular weight excluding hydrogens is 193 g/mol. The van der Waals surface area contributed by atoms with E-state index in [9.17, 15) is 14.3 Å². The van der Waals surface area contributed by atoms with Crippen molar-refractivity contribution < 1.29 is 19.4 Å². The summed E-state index contributed by atoms with van der Waals surface area (Å²) in [5.74, 6) is -0.973. The van der Waals surface area contributed by atoms with Gasteiger partial charge in [-0.15, -0.1) is 0 Å². The maximum absolute atomic E-state index is 11.6. The van der Waals surface area contributed by atoms with Gasteiger partial charge in [0.15, 0.2) is 0 Å². The van der Waals surface area contributed by atoms with Gasteiger partial charge in [0, 0.05) is 12.2 Å². The van der Waals surface area contributed by atoms with Crippen molar-refractivity contribution >= 4 is 13.5 Å². The quantitative estimate of drug-likeness (QED) is 0.609.